The zero-order chi connectivity index (χ0) is 54.9. The highest BCUT2D eigenvalue weighted by molar-refractivity contribution is 7.45. The zero-order valence-corrected chi connectivity index (χ0v) is 50.1. The van der Waals surface area contributed by atoms with Gasteiger partial charge in [-0.15, -0.1) is 0 Å². The van der Waals surface area contributed by atoms with E-state index in [1.165, 1.54) is 128 Å². The molecule has 0 rings (SSSR count). The van der Waals surface area contributed by atoms with Gasteiger partial charge in [-0.25, -0.2) is 0 Å². The summed E-state index contributed by atoms with van der Waals surface area (Å²) in [5, 5.41) is 14.0. The molecule has 0 saturated heterocycles. The Kier molecular flexibility index (Phi) is 53.8. The second-order valence-electron chi connectivity index (χ2n) is 21.7. The second kappa shape index (κ2) is 55.9. The smallest absolute Gasteiger partial charge is 0.268 e. The van der Waals surface area contributed by atoms with Gasteiger partial charge in [0, 0.05) is 6.42 Å². The first kappa shape index (κ1) is 72.2. The van der Waals surface area contributed by atoms with E-state index >= 15 is 0 Å². The first-order chi connectivity index (χ1) is 36.5. The third-order valence-corrected chi connectivity index (χ3v) is 14.2. The van der Waals surface area contributed by atoms with E-state index in [2.05, 4.69) is 129 Å². The molecule has 9 heteroatoms. The molecular weight excluding hydrogens is 948 g/mol. The summed E-state index contributed by atoms with van der Waals surface area (Å²) in [4.78, 5) is 25.5. The van der Waals surface area contributed by atoms with Crippen LogP contribution in [0.2, 0.25) is 0 Å². The predicted octanol–water partition coefficient (Wildman–Crippen LogP) is 18.5. The molecule has 0 spiro atoms. The van der Waals surface area contributed by atoms with E-state index in [9.17, 15) is 19.4 Å². The van der Waals surface area contributed by atoms with Crippen molar-refractivity contribution in [3.05, 3.63) is 109 Å². The van der Waals surface area contributed by atoms with Crippen LogP contribution in [-0.4, -0.2) is 68.5 Å². The van der Waals surface area contributed by atoms with Crippen molar-refractivity contribution in [1.82, 2.24) is 5.32 Å². The van der Waals surface area contributed by atoms with Crippen molar-refractivity contribution in [2.75, 3.05) is 40.9 Å². The van der Waals surface area contributed by atoms with E-state index in [1.54, 1.807) is 0 Å². The number of quaternary nitrogens is 1. The van der Waals surface area contributed by atoms with Crippen LogP contribution >= 0.6 is 7.82 Å². The minimum Gasteiger partial charge on any atom is -0.756 e. The third-order valence-electron chi connectivity index (χ3n) is 13.3. The molecule has 8 nitrogen and oxygen atoms in total. The van der Waals surface area contributed by atoms with Gasteiger partial charge in [0.15, 0.2) is 0 Å². The summed E-state index contributed by atoms with van der Waals surface area (Å²) in [7, 11) is 1.30. The van der Waals surface area contributed by atoms with Gasteiger partial charge in [-0.1, -0.05) is 271 Å². The van der Waals surface area contributed by atoms with Gasteiger partial charge < -0.3 is 28.8 Å². The van der Waals surface area contributed by atoms with Gasteiger partial charge in [-0.3, -0.25) is 9.36 Å². The Hall–Kier alpha value is -2.84. The Bertz CT molecular complexity index is 1590. The highest BCUT2D eigenvalue weighted by Gasteiger charge is 2.24. The zero-order valence-electron chi connectivity index (χ0n) is 49.2. The number of amides is 1. The maximum Gasteiger partial charge on any atom is 0.268 e. The molecule has 1 amide bonds. The first-order valence-electron chi connectivity index (χ1n) is 30.7. The Balaban J connectivity index is 3.98. The molecule has 0 heterocycles. The minimum absolute atomic E-state index is 0.00858. The number of nitrogens with one attached hydrogen (secondary N) is 1. The summed E-state index contributed by atoms with van der Waals surface area (Å²) in [5.41, 5.74) is 0. The topological polar surface area (TPSA) is 108 Å². The summed E-state index contributed by atoms with van der Waals surface area (Å²) in [6.45, 7) is 4.60. The molecule has 3 atom stereocenters. The molecule has 0 fully saturated rings. The van der Waals surface area contributed by atoms with Crippen LogP contribution in [0.1, 0.15) is 251 Å². The molecule has 75 heavy (non-hydrogen) atoms. The number of aliphatic hydroxyl groups excluding tert-OH is 1. The van der Waals surface area contributed by atoms with Gasteiger partial charge in [0.2, 0.25) is 5.91 Å². The molecule has 2 N–H and O–H groups in total. The van der Waals surface area contributed by atoms with E-state index in [-0.39, 0.29) is 19.1 Å². The summed E-state index contributed by atoms with van der Waals surface area (Å²) in [5.74, 6) is -0.170. The number of hydrogen-bond acceptors (Lipinski definition) is 6. The molecule has 0 aliphatic carbocycles. The van der Waals surface area contributed by atoms with E-state index in [1.807, 2.05) is 21.1 Å². The number of likely N-dealkylation sites (N-methyl/N-ethyl adjacent to an activating group) is 1. The number of carbonyl (C=O) groups excluding carboxylic acids is 1. The van der Waals surface area contributed by atoms with Gasteiger partial charge in [0.25, 0.3) is 7.82 Å². The van der Waals surface area contributed by atoms with E-state index in [4.69, 9.17) is 9.05 Å². The summed E-state index contributed by atoms with van der Waals surface area (Å²) in [6, 6.07) is -0.806. The van der Waals surface area contributed by atoms with Crippen LogP contribution in [0.25, 0.3) is 0 Å². The van der Waals surface area contributed by atoms with Crippen molar-refractivity contribution in [2.45, 2.75) is 264 Å². The Morgan fingerprint density at radius 2 is 0.813 bits per heavy atom. The lowest BCUT2D eigenvalue weighted by molar-refractivity contribution is -0.870. The monoisotopic (exact) mass is 1060 g/mol. The van der Waals surface area contributed by atoms with Crippen LogP contribution < -0.4 is 10.2 Å². The quantitative estimate of drug-likeness (QED) is 0.0272. The highest BCUT2D eigenvalue weighted by Crippen LogP contribution is 2.38. The van der Waals surface area contributed by atoms with Crippen molar-refractivity contribution in [3.63, 3.8) is 0 Å². The third kappa shape index (κ3) is 58.7. The molecule has 0 aliphatic heterocycles. The molecule has 0 bridgehead atoms. The van der Waals surface area contributed by atoms with Crippen LogP contribution in [0, 0.1) is 0 Å². The molecule has 432 valence electrons. The van der Waals surface area contributed by atoms with Crippen LogP contribution in [0.4, 0.5) is 0 Å². The lowest BCUT2D eigenvalue weighted by atomic mass is 10.0. The number of phosphoric ester groups is 1. The van der Waals surface area contributed by atoms with Crippen molar-refractivity contribution < 1.29 is 32.9 Å². The highest BCUT2D eigenvalue weighted by atomic mass is 31.2. The van der Waals surface area contributed by atoms with Crippen molar-refractivity contribution in [3.8, 4) is 0 Å². The number of allylic oxidation sites excluding steroid dienone is 18. The van der Waals surface area contributed by atoms with Crippen LogP contribution in [-0.2, 0) is 18.4 Å². The largest absolute Gasteiger partial charge is 0.756 e. The molecule has 0 aliphatic rings. The molecule has 0 aromatic carbocycles. The Morgan fingerprint density at radius 1 is 0.480 bits per heavy atom. The summed E-state index contributed by atoms with van der Waals surface area (Å²) < 4.78 is 23.4. The van der Waals surface area contributed by atoms with Crippen molar-refractivity contribution >= 4 is 13.7 Å². The molecule has 0 aromatic heterocycles. The molecule has 0 radical (unpaired) electrons. The lowest BCUT2D eigenvalue weighted by Gasteiger charge is -2.30. The van der Waals surface area contributed by atoms with E-state index in [0.717, 1.165) is 96.3 Å². The normalized spacial score (nSPS) is 14.6. The van der Waals surface area contributed by atoms with Gasteiger partial charge >= 0.3 is 0 Å². The maximum absolute atomic E-state index is 13.0. The van der Waals surface area contributed by atoms with Gasteiger partial charge in [-0.05, 0) is 83.5 Å². The van der Waals surface area contributed by atoms with Gasteiger partial charge in [0.05, 0.1) is 39.9 Å². The minimum atomic E-state index is -4.57. The molecule has 0 saturated carbocycles. The number of unbranched alkanes of at least 4 members (excludes halogenated alkanes) is 24. The molecule has 0 aromatic rings. The number of aliphatic hydroxyl groups is 1. The number of nitrogens with zero attached hydrogens (tertiary/aromatic N) is 1. The average Bonchev–Trinajstić information content (AvgIpc) is 3.37. The number of hydrogen-bond donors (Lipinski definition) is 2. The second-order valence-corrected chi connectivity index (χ2v) is 23.1. The van der Waals surface area contributed by atoms with Crippen LogP contribution in [0.5, 0.6) is 0 Å². The van der Waals surface area contributed by atoms with Crippen molar-refractivity contribution in [1.29, 1.82) is 0 Å². The predicted molar refractivity (Wildman–Crippen MR) is 325 cm³/mol. The lowest BCUT2D eigenvalue weighted by Crippen LogP contribution is -2.46. The number of rotatable bonds is 55. The van der Waals surface area contributed by atoms with Crippen molar-refractivity contribution in [2.24, 2.45) is 0 Å². The van der Waals surface area contributed by atoms with E-state index in [0.29, 0.717) is 23.9 Å². The molecular formula is C66H117N2O6P. The number of carbonyl (C=O) groups is 1. The molecule has 3 unspecified atom stereocenters. The first-order valence-corrected chi connectivity index (χ1v) is 32.2. The fraction of sp³-hybridized carbons (Fsp3) is 0.712. The summed E-state index contributed by atoms with van der Waals surface area (Å²) >= 11 is 0. The Morgan fingerprint density at radius 3 is 1.19 bits per heavy atom. The standard InChI is InChI=1S/C66H117N2O6P/c1-6-8-10-12-14-16-18-20-21-22-23-24-25-26-27-28-29-30-31-32-33-34-35-36-37-38-39-40-41-42-43-44-45-46-47-48-50-52-54-56-58-60-66(70)67-64(63-74-75(71,72)73-62-61-68(3,4)5)65(69)59-57-55-53-51-49-19-17-15-13-11-9-7-2/h8,10,14,16,20-21,23-24,26-27,29-30,32-33,35-36,38-39,64-65,69H,6-7,9,11-13,15,17-19,22,25,28,31,34,37,40-63H2,1-5H3,(H-,67,70,71,72)/b10-8-,16-14-,21-20-,24-23-,27-26-,30-29-,33-32-,36-35-,39-38-. The average molecular weight is 1070 g/mol. The van der Waals surface area contributed by atoms with E-state index < -0.39 is 20.0 Å². The number of phosphoric acid groups is 1. The fourth-order valence-corrected chi connectivity index (χ4v) is 9.23. The Labute approximate surface area is 463 Å². The van der Waals surface area contributed by atoms with Gasteiger partial charge in [-0.2, -0.15) is 0 Å². The van der Waals surface area contributed by atoms with Gasteiger partial charge in [0.1, 0.15) is 13.2 Å². The van der Waals surface area contributed by atoms with Crippen LogP contribution in [0.3, 0.4) is 0 Å². The summed E-state index contributed by atoms with van der Waals surface area (Å²) in [6.07, 6.45) is 81.4. The maximum atomic E-state index is 13.0. The SMILES string of the molecule is CC/C=C\C/C=C\C/C=C\C/C=C\C/C=C\C/C=C\C/C=C\C/C=C\C/C=C\CCCCCCCCCCCCCCCC(=O)NC(COP(=O)([O-])OCC[N+](C)(C)C)C(O)CCCCCCCCCCCCCC. The fourth-order valence-electron chi connectivity index (χ4n) is 8.50. The van der Waals surface area contributed by atoms with Crippen LogP contribution in [0.15, 0.2) is 109 Å².